The molecule has 0 bridgehead atoms. The molecule has 0 radical (unpaired) electrons. The number of carbonyl (C=O) groups excluding carboxylic acids is 3. The van der Waals surface area contributed by atoms with Crippen LogP contribution in [0.3, 0.4) is 0 Å². The van der Waals surface area contributed by atoms with E-state index >= 15 is 0 Å². The zero-order valence-electron chi connectivity index (χ0n) is 42.9. The molecule has 6 nitrogen and oxygen atoms in total. The Morgan fingerprint density at radius 1 is 0.254 bits per heavy atom. The normalized spacial score (nSPS) is 11.9. The van der Waals surface area contributed by atoms with Crippen LogP contribution in [0.2, 0.25) is 0 Å². The van der Waals surface area contributed by atoms with E-state index in [1.165, 1.54) is 231 Å². The Bertz CT molecular complexity index is 936. The predicted molar refractivity (Wildman–Crippen MR) is 270 cm³/mol. The number of hydrogen-bond acceptors (Lipinski definition) is 6. The highest BCUT2D eigenvalue weighted by Gasteiger charge is 2.19. The van der Waals surface area contributed by atoms with Crippen molar-refractivity contribution in [1.29, 1.82) is 0 Å². The fourth-order valence-electron chi connectivity index (χ4n) is 8.80. The third-order valence-corrected chi connectivity index (χ3v) is 13.1. The second-order valence-corrected chi connectivity index (χ2v) is 19.6. The highest BCUT2D eigenvalue weighted by atomic mass is 16.6. The maximum absolute atomic E-state index is 12.8. The van der Waals surface area contributed by atoms with Crippen LogP contribution in [-0.2, 0) is 28.6 Å². The molecule has 0 spiro atoms. The van der Waals surface area contributed by atoms with Gasteiger partial charge in [0.15, 0.2) is 6.10 Å². The molecule has 0 aliphatic heterocycles. The van der Waals surface area contributed by atoms with E-state index in [2.05, 4.69) is 20.8 Å². The first-order valence-corrected chi connectivity index (χ1v) is 28.5. The molecule has 374 valence electrons. The van der Waals surface area contributed by atoms with Crippen LogP contribution in [0.25, 0.3) is 0 Å². The van der Waals surface area contributed by atoms with E-state index in [0.29, 0.717) is 19.3 Å². The van der Waals surface area contributed by atoms with E-state index in [0.717, 1.165) is 57.8 Å². The smallest absolute Gasteiger partial charge is 0.306 e. The van der Waals surface area contributed by atoms with Crippen LogP contribution in [-0.4, -0.2) is 37.2 Å². The molecule has 0 aromatic carbocycles. The highest BCUT2D eigenvalue weighted by Crippen LogP contribution is 2.18. The summed E-state index contributed by atoms with van der Waals surface area (Å²) >= 11 is 0. The van der Waals surface area contributed by atoms with Gasteiger partial charge in [0.2, 0.25) is 0 Å². The largest absolute Gasteiger partial charge is 0.462 e. The zero-order chi connectivity index (χ0) is 45.8. The topological polar surface area (TPSA) is 78.9 Å². The molecular weight excluding hydrogens is 781 g/mol. The summed E-state index contributed by atoms with van der Waals surface area (Å²) in [4.78, 5) is 38.0. The van der Waals surface area contributed by atoms with Crippen molar-refractivity contribution < 1.29 is 28.6 Å². The quantitative estimate of drug-likeness (QED) is 0.0344. The van der Waals surface area contributed by atoms with E-state index in [-0.39, 0.29) is 31.1 Å². The summed E-state index contributed by atoms with van der Waals surface area (Å²) in [5.74, 6) is -0.837. The number of rotatable bonds is 53. The number of hydrogen-bond donors (Lipinski definition) is 0. The van der Waals surface area contributed by atoms with Crippen molar-refractivity contribution in [2.24, 2.45) is 0 Å². The van der Waals surface area contributed by atoms with Crippen molar-refractivity contribution in [1.82, 2.24) is 0 Å². The molecule has 0 rings (SSSR count). The van der Waals surface area contributed by atoms with Gasteiger partial charge in [0.1, 0.15) is 13.2 Å². The first kappa shape index (κ1) is 61.4. The molecule has 0 saturated carbocycles. The maximum atomic E-state index is 12.8. The average molecular weight is 892 g/mol. The van der Waals surface area contributed by atoms with Crippen LogP contribution in [0.1, 0.15) is 329 Å². The number of carbonyl (C=O) groups is 3. The molecule has 0 aliphatic carbocycles. The van der Waals surface area contributed by atoms with Crippen molar-refractivity contribution in [3.63, 3.8) is 0 Å². The summed E-state index contributed by atoms with van der Waals surface area (Å²) in [6.07, 6.45) is 58.1. The van der Waals surface area contributed by atoms with Gasteiger partial charge >= 0.3 is 17.9 Å². The van der Waals surface area contributed by atoms with Crippen LogP contribution in [0, 0.1) is 0 Å². The minimum absolute atomic E-state index is 0.0615. The third-order valence-electron chi connectivity index (χ3n) is 13.1. The number of ether oxygens (including phenoxy) is 3. The fraction of sp³-hybridized carbons (Fsp3) is 0.947. The summed E-state index contributed by atoms with van der Waals surface area (Å²) < 4.78 is 16.8. The number of esters is 3. The lowest BCUT2D eigenvalue weighted by Crippen LogP contribution is -2.30. The molecule has 0 unspecified atom stereocenters. The Labute approximate surface area is 393 Å². The molecule has 0 fully saturated rings. The van der Waals surface area contributed by atoms with Gasteiger partial charge in [-0.3, -0.25) is 14.4 Å². The monoisotopic (exact) mass is 891 g/mol. The summed E-state index contributed by atoms with van der Waals surface area (Å²) in [5.41, 5.74) is 0. The van der Waals surface area contributed by atoms with E-state index in [1.807, 2.05) is 0 Å². The predicted octanol–water partition coefficient (Wildman–Crippen LogP) is 18.8. The Morgan fingerprint density at radius 2 is 0.429 bits per heavy atom. The van der Waals surface area contributed by atoms with Crippen LogP contribution in [0.4, 0.5) is 0 Å². The van der Waals surface area contributed by atoms with Gasteiger partial charge in [0.05, 0.1) is 0 Å². The van der Waals surface area contributed by atoms with Gasteiger partial charge in [-0.25, -0.2) is 0 Å². The average Bonchev–Trinajstić information content (AvgIpc) is 3.28. The maximum Gasteiger partial charge on any atom is 0.306 e. The van der Waals surface area contributed by atoms with E-state index in [4.69, 9.17) is 14.2 Å². The van der Waals surface area contributed by atoms with Gasteiger partial charge in [-0.05, 0) is 19.3 Å². The summed E-state index contributed by atoms with van der Waals surface area (Å²) in [7, 11) is 0. The molecule has 0 saturated heterocycles. The van der Waals surface area contributed by atoms with Gasteiger partial charge < -0.3 is 14.2 Å². The van der Waals surface area contributed by atoms with Crippen LogP contribution in [0.15, 0.2) is 0 Å². The molecular formula is C57H110O6. The van der Waals surface area contributed by atoms with E-state index in [9.17, 15) is 14.4 Å². The lowest BCUT2D eigenvalue weighted by molar-refractivity contribution is -0.167. The molecule has 0 N–H and O–H groups in total. The zero-order valence-corrected chi connectivity index (χ0v) is 42.9. The Kier molecular flexibility index (Phi) is 51.7. The van der Waals surface area contributed by atoms with Crippen molar-refractivity contribution in [3.8, 4) is 0 Å². The molecule has 0 heterocycles. The van der Waals surface area contributed by atoms with E-state index in [1.54, 1.807) is 0 Å². The first-order valence-electron chi connectivity index (χ1n) is 28.5. The molecule has 6 heteroatoms. The standard InChI is InChI=1S/C57H110O6/c1-4-7-10-13-16-19-21-23-25-27-28-30-31-33-35-38-41-44-47-50-56(59)62-53-54(52-61-55(58)49-46-43-40-37-18-15-12-9-6-3)63-57(60)51-48-45-42-39-36-34-32-29-26-24-22-20-17-14-11-8-5-2/h54H,4-53H2,1-3H3/t54-/m1/s1. The second kappa shape index (κ2) is 53.0. The Morgan fingerprint density at radius 3 is 0.635 bits per heavy atom. The summed E-state index contributed by atoms with van der Waals surface area (Å²) in [5, 5.41) is 0. The minimum Gasteiger partial charge on any atom is -0.462 e. The van der Waals surface area contributed by atoms with Crippen molar-refractivity contribution in [3.05, 3.63) is 0 Å². The van der Waals surface area contributed by atoms with Crippen molar-refractivity contribution in [2.75, 3.05) is 13.2 Å². The summed E-state index contributed by atoms with van der Waals surface area (Å²) in [6, 6.07) is 0. The molecule has 0 aromatic heterocycles. The van der Waals surface area contributed by atoms with Gasteiger partial charge in [-0.1, -0.05) is 290 Å². The van der Waals surface area contributed by atoms with Crippen LogP contribution >= 0.6 is 0 Å². The number of unbranched alkanes of at least 4 members (excludes halogenated alkanes) is 42. The molecule has 0 aliphatic rings. The second-order valence-electron chi connectivity index (χ2n) is 19.6. The first-order chi connectivity index (χ1) is 31.0. The molecule has 0 aromatic rings. The molecule has 63 heavy (non-hydrogen) atoms. The molecule has 0 amide bonds. The van der Waals surface area contributed by atoms with Gasteiger partial charge in [-0.15, -0.1) is 0 Å². The Balaban J connectivity index is 4.20. The van der Waals surface area contributed by atoms with Crippen molar-refractivity contribution in [2.45, 2.75) is 335 Å². The summed E-state index contributed by atoms with van der Waals surface area (Å²) in [6.45, 7) is 6.69. The van der Waals surface area contributed by atoms with Gasteiger partial charge in [0.25, 0.3) is 0 Å². The SMILES string of the molecule is CCCCCCCCCCCCCCCCCCCCCC(=O)OC[C@@H](COC(=O)CCCCCCCCCCC)OC(=O)CCCCCCCCCCCCCCCCCCC. The lowest BCUT2D eigenvalue weighted by Gasteiger charge is -2.18. The van der Waals surface area contributed by atoms with Crippen molar-refractivity contribution >= 4 is 17.9 Å². The van der Waals surface area contributed by atoms with Gasteiger partial charge in [-0.2, -0.15) is 0 Å². The third kappa shape index (κ3) is 51.3. The highest BCUT2D eigenvalue weighted by molar-refractivity contribution is 5.71. The molecule has 1 atom stereocenters. The fourth-order valence-corrected chi connectivity index (χ4v) is 8.80. The Hall–Kier alpha value is -1.59. The van der Waals surface area contributed by atoms with Crippen LogP contribution in [0.5, 0.6) is 0 Å². The van der Waals surface area contributed by atoms with Gasteiger partial charge in [0, 0.05) is 19.3 Å². The lowest BCUT2D eigenvalue weighted by atomic mass is 10.0. The van der Waals surface area contributed by atoms with E-state index < -0.39 is 6.10 Å². The van der Waals surface area contributed by atoms with Crippen LogP contribution < -0.4 is 0 Å². The minimum atomic E-state index is -0.760.